The van der Waals surface area contributed by atoms with E-state index in [1.54, 1.807) is 7.11 Å². The van der Waals surface area contributed by atoms with Crippen molar-refractivity contribution in [3.63, 3.8) is 0 Å². The summed E-state index contributed by atoms with van der Waals surface area (Å²) in [4.78, 5) is 4.67. The molecule has 0 amide bonds. The zero-order chi connectivity index (χ0) is 13.2. The number of methoxy groups -OCH3 is 1. The van der Waals surface area contributed by atoms with Crippen LogP contribution in [0.3, 0.4) is 0 Å². The number of anilines is 2. The van der Waals surface area contributed by atoms with Crippen molar-refractivity contribution in [3.05, 3.63) is 24.3 Å². The van der Waals surface area contributed by atoms with Crippen LogP contribution in [0, 0.1) is 0 Å². The Labute approximate surface area is 109 Å². The number of nitrogens with two attached hydrogens (primary N) is 1. The lowest BCUT2D eigenvalue weighted by Crippen LogP contribution is -2.58. The number of likely N-dealkylation sites (N-methyl/N-ethyl adjacent to an activating group) is 1. The summed E-state index contributed by atoms with van der Waals surface area (Å²) in [6.45, 7) is 5.37. The molecule has 0 radical (unpaired) electrons. The average molecular weight is 249 g/mol. The highest BCUT2D eigenvalue weighted by molar-refractivity contribution is 5.74. The van der Waals surface area contributed by atoms with Crippen LogP contribution in [-0.4, -0.2) is 45.9 Å². The summed E-state index contributed by atoms with van der Waals surface area (Å²) in [5.74, 6) is 0. The number of benzene rings is 1. The van der Waals surface area contributed by atoms with Gasteiger partial charge in [0.05, 0.1) is 23.5 Å². The van der Waals surface area contributed by atoms with Crippen molar-refractivity contribution in [1.82, 2.24) is 0 Å². The molecule has 2 N–H and O–H groups in total. The molecule has 1 unspecified atom stereocenters. The summed E-state index contributed by atoms with van der Waals surface area (Å²) in [5.41, 5.74) is 8.34. The first-order valence-electron chi connectivity index (χ1n) is 6.39. The largest absolute Gasteiger partial charge is 0.382 e. The van der Waals surface area contributed by atoms with E-state index in [0.717, 1.165) is 13.1 Å². The summed E-state index contributed by atoms with van der Waals surface area (Å²) in [7, 11) is 3.86. The van der Waals surface area contributed by atoms with E-state index in [9.17, 15) is 0 Å². The summed E-state index contributed by atoms with van der Waals surface area (Å²) in [6, 6.07) is 8.48. The van der Waals surface area contributed by atoms with Crippen LogP contribution < -0.4 is 15.5 Å². The highest BCUT2D eigenvalue weighted by Crippen LogP contribution is 2.35. The molecule has 0 saturated heterocycles. The van der Waals surface area contributed by atoms with Gasteiger partial charge in [-0.2, -0.15) is 0 Å². The molecule has 0 aromatic heterocycles. The average Bonchev–Trinajstić information content (AvgIpc) is 2.39. The zero-order valence-electron chi connectivity index (χ0n) is 11.5. The first-order chi connectivity index (χ1) is 8.62. The minimum atomic E-state index is -0.147. The van der Waals surface area contributed by atoms with Crippen LogP contribution in [0.25, 0.3) is 0 Å². The van der Waals surface area contributed by atoms with Crippen LogP contribution in [0.1, 0.15) is 6.92 Å². The van der Waals surface area contributed by atoms with Crippen LogP contribution in [0.2, 0.25) is 0 Å². The quantitative estimate of drug-likeness (QED) is 0.873. The maximum absolute atomic E-state index is 5.98. The van der Waals surface area contributed by atoms with Gasteiger partial charge in [0.15, 0.2) is 0 Å². The predicted octanol–water partition coefficient (Wildman–Crippen LogP) is 1.31. The second-order valence-electron chi connectivity index (χ2n) is 5.20. The van der Waals surface area contributed by atoms with Gasteiger partial charge in [0, 0.05) is 33.8 Å². The van der Waals surface area contributed by atoms with Crippen LogP contribution >= 0.6 is 0 Å². The Morgan fingerprint density at radius 3 is 2.56 bits per heavy atom. The molecule has 4 nitrogen and oxygen atoms in total. The molecule has 1 aromatic carbocycles. The van der Waals surface area contributed by atoms with E-state index >= 15 is 0 Å². The van der Waals surface area contributed by atoms with Gasteiger partial charge in [-0.1, -0.05) is 12.1 Å². The summed E-state index contributed by atoms with van der Waals surface area (Å²) in [5, 5.41) is 0. The van der Waals surface area contributed by atoms with Crippen molar-refractivity contribution < 1.29 is 4.74 Å². The van der Waals surface area contributed by atoms with E-state index in [2.05, 4.69) is 48.0 Å². The summed E-state index contributed by atoms with van der Waals surface area (Å²) in [6.07, 6.45) is 0. The SMILES string of the molecule is COCC(C)(CN)N1CCN(C)c2ccccc21. The number of rotatable bonds is 4. The van der Waals surface area contributed by atoms with Gasteiger partial charge in [0.25, 0.3) is 0 Å². The molecule has 1 aliphatic heterocycles. The Bertz CT molecular complexity index is 410. The van der Waals surface area contributed by atoms with Gasteiger partial charge < -0.3 is 20.3 Å². The highest BCUT2D eigenvalue weighted by Gasteiger charge is 2.34. The van der Waals surface area contributed by atoms with Gasteiger partial charge in [-0.15, -0.1) is 0 Å². The Morgan fingerprint density at radius 2 is 1.94 bits per heavy atom. The van der Waals surface area contributed by atoms with Crippen molar-refractivity contribution in [2.45, 2.75) is 12.5 Å². The highest BCUT2D eigenvalue weighted by atomic mass is 16.5. The lowest BCUT2D eigenvalue weighted by Gasteiger charge is -2.47. The molecule has 18 heavy (non-hydrogen) atoms. The van der Waals surface area contributed by atoms with Crippen molar-refractivity contribution in [2.24, 2.45) is 5.73 Å². The Hall–Kier alpha value is -1.26. The zero-order valence-corrected chi connectivity index (χ0v) is 11.5. The lowest BCUT2D eigenvalue weighted by atomic mass is 9.98. The third-order valence-corrected chi connectivity index (χ3v) is 3.79. The van der Waals surface area contributed by atoms with Crippen LogP contribution in [0.15, 0.2) is 24.3 Å². The topological polar surface area (TPSA) is 41.7 Å². The maximum Gasteiger partial charge on any atom is 0.0730 e. The second kappa shape index (κ2) is 5.16. The second-order valence-corrected chi connectivity index (χ2v) is 5.20. The van der Waals surface area contributed by atoms with E-state index in [4.69, 9.17) is 10.5 Å². The monoisotopic (exact) mass is 249 g/mol. The molecule has 0 aliphatic carbocycles. The molecule has 1 aromatic rings. The molecule has 2 rings (SSSR count). The number of hydrogen-bond acceptors (Lipinski definition) is 4. The molecular formula is C14H23N3O. The summed E-state index contributed by atoms with van der Waals surface area (Å²) >= 11 is 0. The molecule has 4 heteroatoms. The molecule has 1 heterocycles. The third kappa shape index (κ3) is 2.18. The first-order valence-corrected chi connectivity index (χ1v) is 6.39. The van der Waals surface area contributed by atoms with E-state index in [1.807, 2.05) is 0 Å². The Kier molecular flexibility index (Phi) is 3.78. The summed E-state index contributed by atoms with van der Waals surface area (Å²) < 4.78 is 5.36. The van der Waals surface area contributed by atoms with E-state index < -0.39 is 0 Å². The molecule has 0 fully saturated rings. The maximum atomic E-state index is 5.98. The van der Waals surface area contributed by atoms with Crippen molar-refractivity contribution in [1.29, 1.82) is 0 Å². The van der Waals surface area contributed by atoms with Crippen LogP contribution in [0.4, 0.5) is 11.4 Å². The number of fused-ring (bicyclic) bond motifs is 1. The molecule has 0 bridgehead atoms. The van der Waals surface area contributed by atoms with Gasteiger partial charge in [0.2, 0.25) is 0 Å². The molecule has 0 spiro atoms. The van der Waals surface area contributed by atoms with Crippen LogP contribution in [-0.2, 0) is 4.74 Å². The Morgan fingerprint density at radius 1 is 1.28 bits per heavy atom. The van der Waals surface area contributed by atoms with Gasteiger partial charge in [-0.25, -0.2) is 0 Å². The minimum absolute atomic E-state index is 0.147. The number of para-hydroxylation sites is 2. The van der Waals surface area contributed by atoms with Crippen LogP contribution in [0.5, 0.6) is 0 Å². The van der Waals surface area contributed by atoms with Gasteiger partial charge in [0.1, 0.15) is 0 Å². The van der Waals surface area contributed by atoms with E-state index in [0.29, 0.717) is 13.2 Å². The molecule has 0 saturated carbocycles. The van der Waals surface area contributed by atoms with E-state index in [-0.39, 0.29) is 5.54 Å². The standard InChI is InChI=1S/C14H23N3O/c1-14(10-15,11-18-3)17-9-8-16(2)12-6-4-5-7-13(12)17/h4-7H,8-11,15H2,1-3H3. The van der Waals surface area contributed by atoms with Crippen molar-refractivity contribution >= 4 is 11.4 Å². The Balaban J connectivity index is 2.38. The van der Waals surface area contributed by atoms with Crippen molar-refractivity contribution in [2.75, 3.05) is 50.2 Å². The molecular weight excluding hydrogens is 226 g/mol. The van der Waals surface area contributed by atoms with Gasteiger partial charge in [-0.3, -0.25) is 0 Å². The minimum Gasteiger partial charge on any atom is -0.382 e. The van der Waals surface area contributed by atoms with E-state index in [1.165, 1.54) is 11.4 Å². The fraction of sp³-hybridized carbons (Fsp3) is 0.571. The molecule has 100 valence electrons. The lowest BCUT2D eigenvalue weighted by molar-refractivity contribution is 0.138. The van der Waals surface area contributed by atoms with Crippen molar-refractivity contribution in [3.8, 4) is 0 Å². The predicted molar refractivity (Wildman–Crippen MR) is 76.4 cm³/mol. The third-order valence-electron chi connectivity index (χ3n) is 3.79. The fourth-order valence-corrected chi connectivity index (χ4v) is 2.62. The van der Waals surface area contributed by atoms with Gasteiger partial charge >= 0.3 is 0 Å². The number of ether oxygens (including phenoxy) is 1. The number of nitrogens with zero attached hydrogens (tertiary/aromatic N) is 2. The smallest absolute Gasteiger partial charge is 0.0730 e. The molecule has 1 atom stereocenters. The van der Waals surface area contributed by atoms with Gasteiger partial charge in [-0.05, 0) is 19.1 Å². The number of hydrogen-bond donors (Lipinski definition) is 1. The molecule has 1 aliphatic rings. The normalized spacial score (nSPS) is 18.4. The fourth-order valence-electron chi connectivity index (χ4n) is 2.62. The first kappa shape index (κ1) is 13.2.